The maximum atomic E-state index is 10.7. The molecule has 0 radical (unpaired) electrons. The molecule has 2 heterocycles. The molecule has 2 aromatic heterocycles. The number of aromatic amines is 1. The molecule has 66 valence electrons. The summed E-state index contributed by atoms with van der Waals surface area (Å²) >= 11 is 0. The van der Waals surface area contributed by atoms with Crippen LogP contribution in [0.25, 0.3) is 11.5 Å². The molecular formula is C8H6N2O3. The van der Waals surface area contributed by atoms with Gasteiger partial charge in [-0.05, 0) is 12.1 Å². The van der Waals surface area contributed by atoms with Crippen LogP contribution < -0.4 is 0 Å². The maximum Gasteiger partial charge on any atom is 0.339 e. The van der Waals surface area contributed by atoms with Crippen LogP contribution in [-0.4, -0.2) is 21.3 Å². The van der Waals surface area contributed by atoms with Crippen molar-refractivity contribution in [1.82, 2.24) is 10.2 Å². The van der Waals surface area contributed by atoms with Gasteiger partial charge in [-0.2, -0.15) is 5.10 Å². The highest BCUT2D eigenvalue weighted by Gasteiger charge is 2.15. The summed E-state index contributed by atoms with van der Waals surface area (Å²) in [6, 6.07) is 3.35. The van der Waals surface area contributed by atoms with E-state index in [0.717, 1.165) is 0 Å². The first-order valence-corrected chi connectivity index (χ1v) is 3.59. The molecule has 0 aliphatic carbocycles. The molecule has 0 fully saturated rings. The number of rotatable bonds is 2. The largest absolute Gasteiger partial charge is 0.478 e. The lowest BCUT2D eigenvalue weighted by atomic mass is 10.2. The molecule has 0 atom stereocenters. The van der Waals surface area contributed by atoms with E-state index >= 15 is 0 Å². The average Bonchev–Trinajstić information content (AvgIpc) is 2.74. The summed E-state index contributed by atoms with van der Waals surface area (Å²) in [5.41, 5.74) is 0.493. The average molecular weight is 178 g/mol. The van der Waals surface area contributed by atoms with Crippen LogP contribution >= 0.6 is 0 Å². The first kappa shape index (κ1) is 7.60. The standard InChI is InChI=1S/C8H6N2O3/c11-8(12)5-4-9-10-7(5)6-2-1-3-13-6/h1-4H,(H,9,10)(H,11,12). The number of aromatic nitrogens is 2. The Morgan fingerprint density at radius 2 is 2.46 bits per heavy atom. The number of nitrogens with one attached hydrogen (secondary N) is 1. The predicted octanol–water partition coefficient (Wildman–Crippen LogP) is 1.37. The number of hydrogen-bond acceptors (Lipinski definition) is 3. The van der Waals surface area contributed by atoms with E-state index in [9.17, 15) is 4.79 Å². The molecule has 13 heavy (non-hydrogen) atoms. The summed E-state index contributed by atoms with van der Waals surface area (Å²) in [7, 11) is 0. The third kappa shape index (κ3) is 1.20. The van der Waals surface area contributed by atoms with E-state index in [1.165, 1.54) is 12.5 Å². The molecule has 0 aliphatic rings. The Morgan fingerprint density at radius 1 is 1.62 bits per heavy atom. The molecule has 0 saturated heterocycles. The number of furan rings is 1. The van der Waals surface area contributed by atoms with Gasteiger partial charge in [0.2, 0.25) is 0 Å². The fourth-order valence-corrected chi connectivity index (χ4v) is 1.06. The van der Waals surface area contributed by atoms with Gasteiger partial charge in [-0.25, -0.2) is 4.79 Å². The molecule has 2 rings (SSSR count). The monoisotopic (exact) mass is 178 g/mol. The summed E-state index contributed by atoms with van der Waals surface area (Å²) in [5, 5.41) is 15.0. The Morgan fingerprint density at radius 3 is 3.08 bits per heavy atom. The first-order valence-electron chi connectivity index (χ1n) is 3.59. The third-order valence-electron chi connectivity index (χ3n) is 1.64. The van der Waals surface area contributed by atoms with Crippen molar-refractivity contribution >= 4 is 5.97 Å². The van der Waals surface area contributed by atoms with Crippen LogP contribution in [0.15, 0.2) is 29.0 Å². The van der Waals surface area contributed by atoms with E-state index in [1.807, 2.05) is 0 Å². The van der Waals surface area contributed by atoms with Crippen LogP contribution in [0, 0.1) is 0 Å². The number of nitrogens with zero attached hydrogens (tertiary/aromatic N) is 1. The number of H-pyrrole nitrogens is 1. The highest BCUT2D eigenvalue weighted by atomic mass is 16.4. The molecule has 5 heteroatoms. The van der Waals surface area contributed by atoms with Gasteiger partial charge in [-0.15, -0.1) is 0 Å². The van der Waals surface area contributed by atoms with E-state index in [2.05, 4.69) is 10.2 Å². The van der Waals surface area contributed by atoms with Crippen molar-refractivity contribution in [2.24, 2.45) is 0 Å². The summed E-state index contributed by atoms with van der Waals surface area (Å²) < 4.78 is 5.03. The second-order valence-electron chi connectivity index (χ2n) is 2.44. The molecule has 2 aromatic rings. The molecule has 5 nitrogen and oxygen atoms in total. The van der Waals surface area contributed by atoms with Crippen molar-refractivity contribution in [3.63, 3.8) is 0 Å². The van der Waals surface area contributed by atoms with E-state index in [-0.39, 0.29) is 5.56 Å². The zero-order chi connectivity index (χ0) is 9.26. The van der Waals surface area contributed by atoms with Gasteiger partial charge in [-0.3, -0.25) is 5.10 Å². The molecule has 0 saturated carbocycles. The Kier molecular flexibility index (Phi) is 1.63. The Balaban J connectivity index is 2.52. The molecule has 0 unspecified atom stereocenters. The third-order valence-corrected chi connectivity index (χ3v) is 1.64. The SMILES string of the molecule is O=C(O)c1cn[nH]c1-c1ccco1. The predicted molar refractivity (Wildman–Crippen MR) is 43.2 cm³/mol. The lowest BCUT2D eigenvalue weighted by molar-refractivity contribution is 0.0697. The van der Waals surface area contributed by atoms with Crippen LogP contribution in [0.4, 0.5) is 0 Å². The lowest BCUT2D eigenvalue weighted by Gasteiger charge is -1.92. The van der Waals surface area contributed by atoms with Gasteiger partial charge in [0.1, 0.15) is 11.3 Å². The fraction of sp³-hybridized carbons (Fsp3) is 0. The maximum absolute atomic E-state index is 10.7. The van der Waals surface area contributed by atoms with Gasteiger partial charge in [0, 0.05) is 0 Å². The van der Waals surface area contributed by atoms with Gasteiger partial charge in [0.15, 0.2) is 5.76 Å². The van der Waals surface area contributed by atoms with E-state index < -0.39 is 5.97 Å². The second kappa shape index (κ2) is 2.78. The van der Waals surface area contributed by atoms with Crippen LogP contribution in [0.5, 0.6) is 0 Å². The van der Waals surface area contributed by atoms with Crippen LogP contribution in [0.1, 0.15) is 10.4 Å². The van der Waals surface area contributed by atoms with Crippen molar-refractivity contribution in [3.8, 4) is 11.5 Å². The Hall–Kier alpha value is -2.04. The van der Waals surface area contributed by atoms with Crippen LogP contribution in [0.3, 0.4) is 0 Å². The minimum absolute atomic E-state index is 0.106. The molecule has 0 bridgehead atoms. The number of hydrogen-bond donors (Lipinski definition) is 2. The van der Waals surface area contributed by atoms with Crippen LogP contribution in [-0.2, 0) is 0 Å². The topological polar surface area (TPSA) is 79.1 Å². The number of carbonyl (C=O) groups is 1. The zero-order valence-electron chi connectivity index (χ0n) is 6.52. The van der Waals surface area contributed by atoms with Crippen molar-refractivity contribution < 1.29 is 14.3 Å². The fourth-order valence-electron chi connectivity index (χ4n) is 1.06. The van der Waals surface area contributed by atoms with Gasteiger partial charge < -0.3 is 9.52 Å². The Bertz CT molecular complexity index is 416. The van der Waals surface area contributed by atoms with Crippen LogP contribution in [0.2, 0.25) is 0 Å². The van der Waals surface area contributed by atoms with Gasteiger partial charge in [0.05, 0.1) is 12.5 Å². The minimum Gasteiger partial charge on any atom is -0.478 e. The van der Waals surface area contributed by atoms with Crippen molar-refractivity contribution in [2.45, 2.75) is 0 Å². The lowest BCUT2D eigenvalue weighted by Crippen LogP contribution is -1.95. The Labute approximate surface area is 73.0 Å². The molecule has 0 amide bonds. The van der Waals surface area contributed by atoms with Crippen molar-refractivity contribution in [2.75, 3.05) is 0 Å². The van der Waals surface area contributed by atoms with E-state index in [4.69, 9.17) is 9.52 Å². The normalized spacial score (nSPS) is 10.2. The summed E-state index contributed by atoms with van der Waals surface area (Å²) in [6.45, 7) is 0. The molecule has 0 aliphatic heterocycles. The van der Waals surface area contributed by atoms with Gasteiger partial charge in [0.25, 0.3) is 0 Å². The van der Waals surface area contributed by atoms with Crippen molar-refractivity contribution in [1.29, 1.82) is 0 Å². The number of aromatic carboxylic acids is 1. The summed E-state index contributed by atoms with van der Waals surface area (Å²) in [6.07, 6.45) is 2.72. The quantitative estimate of drug-likeness (QED) is 0.727. The summed E-state index contributed by atoms with van der Waals surface area (Å²) in [4.78, 5) is 10.7. The minimum atomic E-state index is -1.03. The molecule has 0 aromatic carbocycles. The first-order chi connectivity index (χ1) is 6.29. The van der Waals surface area contributed by atoms with Gasteiger partial charge >= 0.3 is 5.97 Å². The van der Waals surface area contributed by atoms with Crippen molar-refractivity contribution in [3.05, 3.63) is 30.2 Å². The molecule has 2 N–H and O–H groups in total. The number of carboxylic acids is 1. The second-order valence-corrected chi connectivity index (χ2v) is 2.44. The van der Waals surface area contributed by atoms with E-state index in [0.29, 0.717) is 11.5 Å². The molecular weight excluding hydrogens is 172 g/mol. The zero-order valence-corrected chi connectivity index (χ0v) is 6.52. The van der Waals surface area contributed by atoms with Gasteiger partial charge in [-0.1, -0.05) is 0 Å². The highest BCUT2D eigenvalue weighted by Crippen LogP contribution is 2.20. The van der Waals surface area contributed by atoms with E-state index in [1.54, 1.807) is 12.1 Å². The smallest absolute Gasteiger partial charge is 0.339 e. The highest BCUT2D eigenvalue weighted by molar-refractivity contribution is 5.93. The molecule has 0 spiro atoms. The summed E-state index contributed by atoms with van der Waals surface area (Å²) in [5.74, 6) is -0.560. The number of carboxylic acid groups (broad SMARTS) is 1.